The van der Waals surface area contributed by atoms with E-state index in [1.54, 1.807) is 0 Å². The maximum absolute atomic E-state index is 12.0. The molecule has 0 unspecified atom stereocenters. The number of nitrogens with one attached hydrogen (secondary N) is 1. The van der Waals surface area contributed by atoms with Crippen LogP contribution in [-0.4, -0.2) is 51.6 Å². The first-order valence-corrected chi connectivity index (χ1v) is 6.91. The highest BCUT2D eigenvalue weighted by Crippen LogP contribution is 2.16. The quantitative estimate of drug-likeness (QED) is 0.690. The number of rotatable bonds is 4. The minimum atomic E-state index is -0.266. The molecule has 2 heterocycles. The van der Waals surface area contributed by atoms with E-state index in [4.69, 9.17) is 18.0 Å². The van der Waals surface area contributed by atoms with E-state index in [9.17, 15) is 9.90 Å². The molecule has 1 aromatic heterocycles. The monoisotopic (exact) mass is 294 g/mol. The minimum absolute atomic E-state index is 0.101. The molecular formula is C13H18N4O2S. The number of likely N-dealkylation sites (tertiary alicyclic amines) is 1. The molecule has 0 spiro atoms. The Balaban J connectivity index is 1.85. The van der Waals surface area contributed by atoms with Crippen LogP contribution >= 0.6 is 12.2 Å². The first kappa shape index (κ1) is 14.7. The molecule has 108 valence electrons. The molecule has 1 aliphatic heterocycles. The Labute approximate surface area is 123 Å². The Hall–Kier alpha value is -1.73. The average molecular weight is 294 g/mol. The lowest BCUT2D eigenvalue weighted by Gasteiger charge is -2.31. The van der Waals surface area contributed by atoms with Crippen molar-refractivity contribution >= 4 is 23.1 Å². The van der Waals surface area contributed by atoms with Crippen molar-refractivity contribution in [3.8, 4) is 5.75 Å². The van der Waals surface area contributed by atoms with E-state index in [1.165, 1.54) is 18.5 Å². The molecule has 0 bridgehead atoms. The summed E-state index contributed by atoms with van der Waals surface area (Å²) in [7, 11) is 0. The maximum Gasteiger partial charge on any atom is 0.255 e. The molecule has 6 nitrogen and oxygen atoms in total. The highest BCUT2D eigenvalue weighted by atomic mass is 32.1. The second kappa shape index (κ2) is 6.62. The number of thiocarbonyl (C=S) groups is 1. The van der Waals surface area contributed by atoms with Crippen molar-refractivity contribution in [3.05, 3.63) is 24.0 Å². The number of carbonyl (C=O) groups excluding carboxylic acids is 1. The summed E-state index contributed by atoms with van der Waals surface area (Å²) < 4.78 is 0. The molecule has 7 heteroatoms. The number of nitrogens with two attached hydrogens (primary N) is 1. The average Bonchev–Trinajstić information content (AvgIpc) is 2.41. The highest BCUT2D eigenvalue weighted by molar-refractivity contribution is 7.80. The number of hydrogen-bond acceptors (Lipinski definition) is 5. The molecule has 0 radical (unpaired) electrons. The molecular weight excluding hydrogens is 276 g/mol. The van der Waals surface area contributed by atoms with Gasteiger partial charge in [0.05, 0.1) is 16.7 Å². The van der Waals surface area contributed by atoms with Gasteiger partial charge in [0, 0.05) is 31.9 Å². The number of amides is 1. The van der Waals surface area contributed by atoms with Crippen molar-refractivity contribution in [1.29, 1.82) is 0 Å². The fourth-order valence-electron chi connectivity index (χ4n) is 2.30. The van der Waals surface area contributed by atoms with Gasteiger partial charge in [-0.3, -0.25) is 14.7 Å². The molecule has 0 aliphatic carbocycles. The number of hydrogen-bond donors (Lipinski definition) is 3. The van der Waals surface area contributed by atoms with Crippen LogP contribution < -0.4 is 11.1 Å². The molecule has 20 heavy (non-hydrogen) atoms. The van der Waals surface area contributed by atoms with Crippen LogP contribution in [0.15, 0.2) is 18.5 Å². The second-order valence-electron chi connectivity index (χ2n) is 4.88. The third kappa shape index (κ3) is 3.88. The van der Waals surface area contributed by atoms with E-state index in [-0.39, 0.29) is 23.3 Å². The van der Waals surface area contributed by atoms with Crippen molar-refractivity contribution < 1.29 is 9.90 Å². The highest BCUT2D eigenvalue weighted by Gasteiger charge is 2.22. The lowest BCUT2D eigenvalue weighted by atomic mass is 10.0. The third-order valence-corrected chi connectivity index (χ3v) is 3.48. The van der Waals surface area contributed by atoms with Gasteiger partial charge in [0.2, 0.25) is 0 Å². The second-order valence-corrected chi connectivity index (χ2v) is 5.41. The Morgan fingerprint density at radius 2 is 2.25 bits per heavy atom. The van der Waals surface area contributed by atoms with Crippen molar-refractivity contribution in [2.45, 2.75) is 18.9 Å². The summed E-state index contributed by atoms with van der Waals surface area (Å²) in [5, 5.41) is 12.5. The van der Waals surface area contributed by atoms with Crippen LogP contribution in [0.5, 0.6) is 5.75 Å². The number of pyridine rings is 1. The Morgan fingerprint density at radius 3 is 2.85 bits per heavy atom. The van der Waals surface area contributed by atoms with Crippen molar-refractivity contribution in [3.63, 3.8) is 0 Å². The van der Waals surface area contributed by atoms with Gasteiger partial charge in [-0.1, -0.05) is 12.2 Å². The standard InChI is InChI=1S/C13H18N4O2S/c14-12(20)8-17-5-2-9(3-6-17)16-13(19)10-1-4-15-7-11(10)18/h1,4,7,9,18H,2-3,5-6,8H2,(H2,14,20)(H,16,19). The summed E-state index contributed by atoms with van der Waals surface area (Å²) >= 11 is 4.89. The van der Waals surface area contributed by atoms with Crippen LogP contribution in [0.25, 0.3) is 0 Å². The summed E-state index contributed by atoms with van der Waals surface area (Å²) in [6, 6.07) is 1.62. The molecule has 1 aromatic rings. The normalized spacial score (nSPS) is 16.8. The Morgan fingerprint density at radius 1 is 1.55 bits per heavy atom. The predicted octanol–water partition coefficient (Wildman–Crippen LogP) is 0.267. The number of carbonyl (C=O) groups is 1. The van der Waals surface area contributed by atoms with Crippen LogP contribution in [-0.2, 0) is 0 Å². The summed E-state index contributed by atoms with van der Waals surface area (Å²) in [5.74, 6) is -0.367. The van der Waals surface area contributed by atoms with Gasteiger partial charge in [0.25, 0.3) is 5.91 Å². The fraction of sp³-hybridized carbons (Fsp3) is 0.462. The van der Waals surface area contributed by atoms with Gasteiger partial charge >= 0.3 is 0 Å². The van der Waals surface area contributed by atoms with E-state index in [0.29, 0.717) is 11.5 Å². The SMILES string of the molecule is NC(=S)CN1CCC(NC(=O)c2ccncc2O)CC1. The summed E-state index contributed by atoms with van der Waals surface area (Å²) in [5.41, 5.74) is 5.77. The molecule has 1 fully saturated rings. The first-order chi connectivity index (χ1) is 9.56. The first-order valence-electron chi connectivity index (χ1n) is 6.51. The largest absolute Gasteiger partial charge is 0.505 e. The van der Waals surface area contributed by atoms with Gasteiger partial charge in [-0.2, -0.15) is 0 Å². The molecule has 0 saturated carbocycles. The van der Waals surface area contributed by atoms with Gasteiger partial charge in [-0.15, -0.1) is 0 Å². The van der Waals surface area contributed by atoms with E-state index in [2.05, 4.69) is 15.2 Å². The lowest BCUT2D eigenvalue weighted by molar-refractivity contribution is 0.0912. The molecule has 0 atom stereocenters. The zero-order chi connectivity index (χ0) is 14.5. The Bertz CT molecular complexity index is 501. The van der Waals surface area contributed by atoms with E-state index >= 15 is 0 Å². The number of aromatic hydroxyl groups is 1. The van der Waals surface area contributed by atoms with Crippen LogP contribution in [0.3, 0.4) is 0 Å². The van der Waals surface area contributed by atoms with Crippen LogP contribution in [0, 0.1) is 0 Å². The van der Waals surface area contributed by atoms with Gasteiger partial charge < -0.3 is 16.2 Å². The third-order valence-electron chi connectivity index (χ3n) is 3.35. The van der Waals surface area contributed by atoms with E-state index in [1.807, 2.05) is 0 Å². The molecule has 1 saturated heterocycles. The van der Waals surface area contributed by atoms with Crippen LogP contribution in [0.1, 0.15) is 23.2 Å². The van der Waals surface area contributed by atoms with Gasteiger partial charge in [0.15, 0.2) is 0 Å². The zero-order valence-electron chi connectivity index (χ0n) is 11.1. The van der Waals surface area contributed by atoms with Gasteiger partial charge in [-0.25, -0.2) is 0 Å². The molecule has 4 N–H and O–H groups in total. The minimum Gasteiger partial charge on any atom is -0.505 e. The lowest BCUT2D eigenvalue weighted by Crippen LogP contribution is -2.46. The van der Waals surface area contributed by atoms with Gasteiger partial charge in [-0.05, 0) is 18.9 Å². The summed E-state index contributed by atoms with van der Waals surface area (Å²) in [6.07, 6.45) is 4.44. The van der Waals surface area contributed by atoms with Crippen LogP contribution in [0.4, 0.5) is 0 Å². The molecule has 2 rings (SSSR count). The van der Waals surface area contributed by atoms with Crippen molar-refractivity contribution in [1.82, 2.24) is 15.2 Å². The predicted molar refractivity (Wildman–Crippen MR) is 79.6 cm³/mol. The molecule has 1 aliphatic rings. The van der Waals surface area contributed by atoms with E-state index in [0.717, 1.165) is 25.9 Å². The van der Waals surface area contributed by atoms with Crippen LogP contribution in [0.2, 0.25) is 0 Å². The van der Waals surface area contributed by atoms with Crippen molar-refractivity contribution in [2.24, 2.45) is 5.73 Å². The number of piperidine rings is 1. The number of aromatic nitrogens is 1. The molecule has 1 amide bonds. The van der Waals surface area contributed by atoms with Gasteiger partial charge in [0.1, 0.15) is 5.75 Å². The maximum atomic E-state index is 12.0. The smallest absolute Gasteiger partial charge is 0.255 e. The summed E-state index contributed by atoms with van der Waals surface area (Å²) in [6.45, 7) is 2.33. The fourth-order valence-corrected chi connectivity index (χ4v) is 2.48. The number of nitrogens with zero attached hydrogens (tertiary/aromatic N) is 2. The zero-order valence-corrected chi connectivity index (χ0v) is 11.9. The van der Waals surface area contributed by atoms with Crippen molar-refractivity contribution in [2.75, 3.05) is 19.6 Å². The molecule has 0 aromatic carbocycles. The topological polar surface area (TPSA) is 91.5 Å². The summed E-state index contributed by atoms with van der Waals surface area (Å²) in [4.78, 5) is 18.5. The van der Waals surface area contributed by atoms with E-state index < -0.39 is 0 Å². The Kier molecular flexibility index (Phi) is 4.86.